The number of Topliss-reactive ketones (excluding diaryl/α,β-unsaturated/α-hetero) is 1. The fourth-order valence-corrected chi connectivity index (χ4v) is 2.21. The summed E-state index contributed by atoms with van der Waals surface area (Å²) in [6.45, 7) is 1.84. The number of anilines is 1. The molecule has 0 aromatic heterocycles. The van der Waals surface area contributed by atoms with Gasteiger partial charge in [-0.3, -0.25) is 4.79 Å². The molecule has 1 atom stereocenters. The number of ketones is 1. The van der Waals surface area contributed by atoms with Crippen LogP contribution >= 0.6 is 27.5 Å². The number of halogens is 2. The van der Waals surface area contributed by atoms with Gasteiger partial charge in [-0.2, -0.15) is 0 Å². The van der Waals surface area contributed by atoms with Crippen molar-refractivity contribution in [1.82, 2.24) is 0 Å². The first kappa shape index (κ1) is 14.1. The Morgan fingerprint density at radius 3 is 2.53 bits per heavy atom. The molecule has 2 nitrogen and oxygen atoms in total. The highest BCUT2D eigenvalue weighted by molar-refractivity contribution is 9.10. The van der Waals surface area contributed by atoms with E-state index in [4.69, 9.17) is 11.6 Å². The fourth-order valence-electron chi connectivity index (χ4n) is 1.75. The third-order valence-corrected chi connectivity index (χ3v) is 3.49. The van der Waals surface area contributed by atoms with E-state index in [1.165, 1.54) is 0 Å². The molecule has 0 radical (unpaired) electrons. The van der Waals surface area contributed by atoms with Crippen LogP contribution in [0.5, 0.6) is 0 Å². The highest BCUT2D eigenvalue weighted by Gasteiger charge is 2.15. The molecule has 98 valence electrons. The van der Waals surface area contributed by atoms with Gasteiger partial charge in [-0.15, -0.1) is 0 Å². The van der Waals surface area contributed by atoms with Gasteiger partial charge in [-0.25, -0.2) is 0 Å². The van der Waals surface area contributed by atoms with E-state index in [-0.39, 0.29) is 11.8 Å². The third kappa shape index (κ3) is 3.82. The second-order valence-corrected chi connectivity index (χ2v) is 5.60. The molecule has 1 N–H and O–H groups in total. The lowest BCUT2D eigenvalue weighted by Crippen LogP contribution is -2.26. The molecule has 0 aliphatic carbocycles. The van der Waals surface area contributed by atoms with Crippen LogP contribution in [0.25, 0.3) is 0 Å². The van der Waals surface area contributed by atoms with Crippen LogP contribution in [0.3, 0.4) is 0 Å². The van der Waals surface area contributed by atoms with Gasteiger partial charge in [0.25, 0.3) is 0 Å². The van der Waals surface area contributed by atoms with E-state index in [0.29, 0.717) is 10.6 Å². The molecule has 0 bridgehead atoms. The number of rotatable bonds is 4. The van der Waals surface area contributed by atoms with Crippen LogP contribution < -0.4 is 5.32 Å². The van der Waals surface area contributed by atoms with Crippen LogP contribution in [0.4, 0.5) is 5.69 Å². The molecule has 2 aromatic rings. The highest BCUT2D eigenvalue weighted by Crippen LogP contribution is 2.17. The Labute approximate surface area is 125 Å². The topological polar surface area (TPSA) is 29.1 Å². The number of benzene rings is 2. The molecule has 0 saturated carbocycles. The lowest BCUT2D eigenvalue weighted by atomic mass is 10.1. The Kier molecular flexibility index (Phi) is 4.61. The second-order valence-electron chi connectivity index (χ2n) is 4.25. The molecule has 1 unspecified atom stereocenters. The lowest BCUT2D eigenvalue weighted by Gasteiger charge is -2.14. The summed E-state index contributed by atoms with van der Waals surface area (Å²) in [7, 11) is 0. The van der Waals surface area contributed by atoms with Crippen LogP contribution in [0, 0.1) is 0 Å². The van der Waals surface area contributed by atoms with Crippen LogP contribution in [0.1, 0.15) is 17.3 Å². The molecule has 19 heavy (non-hydrogen) atoms. The Hall–Kier alpha value is -1.32. The minimum absolute atomic E-state index is 0.0189. The summed E-state index contributed by atoms with van der Waals surface area (Å²) < 4.78 is 1.01. The number of hydrogen-bond donors (Lipinski definition) is 1. The van der Waals surface area contributed by atoms with Gasteiger partial charge >= 0.3 is 0 Å². The Morgan fingerprint density at radius 1 is 1.21 bits per heavy atom. The summed E-state index contributed by atoms with van der Waals surface area (Å²) in [5.41, 5.74) is 1.52. The minimum Gasteiger partial charge on any atom is -0.375 e. The summed E-state index contributed by atoms with van der Waals surface area (Å²) >= 11 is 9.27. The molecule has 2 rings (SSSR count). The van der Waals surface area contributed by atoms with Crippen molar-refractivity contribution >= 4 is 39.0 Å². The molecule has 0 fully saturated rings. The van der Waals surface area contributed by atoms with Crippen molar-refractivity contribution in [3.63, 3.8) is 0 Å². The van der Waals surface area contributed by atoms with Crippen molar-refractivity contribution in [2.75, 3.05) is 5.32 Å². The van der Waals surface area contributed by atoms with Gasteiger partial charge in [0.2, 0.25) is 0 Å². The van der Waals surface area contributed by atoms with Gasteiger partial charge in [0.05, 0.1) is 6.04 Å². The van der Waals surface area contributed by atoms with Crippen molar-refractivity contribution in [3.8, 4) is 0 Å². The normalized spacial score (nSPS) is 11.9. The summed E-state index contributed by atoms with van der Waals surface area (Å²) in [6, 6.07) is 14.4. The van der Waals surface area contributed by atoms with E-state index in [1.54, 1.807) is 24.3 Å². The lowest BCUT2D eigenvalue weighted by molar-refractivity contribution is 0.0975. The first-order valence-corrected chi connectivity index (χ1v) is 7.05. The molecule has 0 spiro atoms. The number of hydrogen-bond acceptors (Lipinski definition) is 2. The van der Waals surface area contributed by atoms with Crippen molar-refractivity contribution in [2.24, 2.45) is 0 Å². The maximum Gasteiger partial charge on any atom is 0.184 e. The van der Waals surface area contributed by atoms with Crippen molar-refractivity contribution in [2.45, 2.75) is 13.0 Å². The molecular formula is C15H13BrClNO. The zero-order valence-corrected chi connectivity index (χ0v) is 12.7. The molecule has 0 amide bonds. The van der Waals surface area contributed by atoms with Gasteiger partial charge in [0.15, 0.2) is 5.78 Å². The Morgan fingerprint density at radius 2 is 1.89 bits per heavy atom. The predicted molar refractivity (Wildman–Crippen MR) is 83.0 cm³/mol. The van der Waals surface area contributed by atoms with Gasteiger partial charge in [-0.1, -0.05) is 39.7 Å². The average Bonchev–Trinajstić information content (AvgIpc) is 2.40. The summed E-state index contributed by atoms with van der Waals surface area (Å²) in [5, 5.41) is 3.74. The van der Waals surface area contributed by atoms with Crippen LogP contribution in [-0.2, 0) is 0 Å². The van der Waals surface area contributed by atoms with E-state index in [0.717, 1.165) is 10.2 Å². The van der Waals surface area contributed by atoms with E-state index in [9.17, 15) is 4.79 Å². The monoisotopic (exact) mass is 337 g/mol. The highest BCUT2D eigenvalue weighted by atomic mass is 79.9. The molecule has 0 aliphatic rings. The fraction of sp³-hybridized carbons (Fsp3) is 0.133. The molecule has 2 aromatic carbocycles. The third-order valence-electron chi connectivity index (χ3n) is 2.73. The van der Waals surface area contributed by atoms with Crippen molar-refractivity contribution in [1.29, 1.82) is 0 Å². The van der Waals surface area contributed by atoms with Crippen molar-refractivity contribution in [3.05, 3.63) is 63.6 Å². The largest absolute Gasteiger partial charge is 0.375 e. The summed E-state index contributed by atoms with van der Waals surface area (Å²) in [6.07, 6.45) is 0. The minimum atomic E-state index is -0.306. The standard InChI is InChI=1S/C15H13BrClNO/c1-10(18-14-7-5-12(16)6-8-14)15(19)11-3-2-4-13(17)9-11/h2-10,18H,1H3. The molecular weight excluding hydrogens is 326 g/mol. The van der Waals surface area contributed by atoms with E-state index in [2.05, 4.69) is 21.2 Å². The van der Waals surface area contributed by atoms with E-state index in [1.807, 2.05) is 31.2 Å². The van der Waals surface area contributed by atoms with Crippen LogP contribution in [0.2, 0.25) is 5.02 Å². The molecule has 0 saturated heterocycles. The van der Waals surface area contributed by atoms with Gasteiger partial charge < -0.3 is 5.32 Å². The first-order valence-electron chi connectivity index (χ1n) is 5.88. The number of carbonyl (C=O) groups excluding carboxylic acids is 1. The zero-order valence-electron chi connectivity index (χ0n) is 10.4. The zero-order chi connectivity index (χ0) is 13.8. The predicted octanol–water partition coefficient (Wildman–Crippen LogP) is 4.79. The maximum atomic E-state index is 12.2. The molecule has 4 heteroatoms. The number of nitrogens with one attached hydrogen (secondary N) is 1. The molecule has 0 aliphatic heterocycles. The first-order chi connectivity index (χ1) is 9.06. The van der Waals surface area contributed by atoms with Crippen molar-refractivity contribution < 1.29 is 4.79 Å². The number of carbonyl (C=O) groups is 1. The Balaban J connectivity index is 2.09. The maximum absolute atomic E-state index is 12.2. The van der Waals surface area contributed by atoms with Gasteiger partial charge in [-0.05, 0) is 43.3 Å². The SMILES string of the molecule is CC(Nc1ccc(Br)cc1)C(=O)c1cccc(Cl)c1. The molecule has 0 heterocycles. The smallest absolute Gasteiger partial charge is 0.184 e. The van der Waals surface area contributed by atoms with Gasteiger partial charge in [0, 0.05) is 20.7 Å². The quantitative estimate of drug-likeness (QED) is 0.812. The van der Waals surface area contributed by atoms with Crippen LogP contribution in [-0.4, -0.2) is 11.8 Å². The van der Waals surface area contributed by atoms with Gasteiger partial charge in [0.1, 0.15) is 0 Å². The second kappa shape index (κ2) is 6.22. The average molecular weight is 339 g/mol. The summed E-state index contributed by atoms with van der Waals surface area (Å²) in [4.78, 5) is 12.2. The van der Waals surface area contributed by atoms with E-state index >= 15 is 0 Å². The summed E-state index contributed by atoms with van der Waals surface area (Å²) in [5.74, 6) is 0.0189. The Bertz CT molecular complexity index is 583. The van der Waals surface area contributed by atoms with Crippen LogP contribution in [0.15, 0.2) is 53.0 Å². The van der Waals surface area contributed by atoms with E-state index < -0.39 is 0 Å².